The molecule has 134 valence electrons. The first-order valence-corrected chi connectivity index (χ1v) is 8.85. The molecule has 1 N–H and O–H groups in total. The van der Waals surface area contributed by atoms with Gasteiger partial charge in [-0.25, -0.2) is 0 Å². The van der Waals surface area contributed by atoms with Crippen molar-refractivity contribution in [2.75, 3.05) is 5.32 Å². The number of hydrogen-bond acceptors (Lipinski definition) is 2. The Kier molecular flexibility index (Phi) is 5.89. The maximum Gasteiger partial charge on any atom is 0.265 e. The highest BCUT2D eigenvalue weighted by Gasteiger charge is 2.18. The Morgan fingerprint density at radius 2 is 1.56 bits per heavy atom. The number of carbonyl (C=O) groups excluding carboxylic acids is 1. The molecule has 0 saturated carbocycles. The van der Waals surface area contributed by atoms with E-state index in [0.717, 1.165) is 11.3 Å². The fourth-order valence-corrected chi connectivity index (χ4v) is 2.64. The van der Waals surface area contributed by atoms with E-state index in [1.54, 1.807) is 6.92 Å². The second kappa shape index (κ2) is 7.73. The highest BCUT2D eigenvalue weighted by molar-refractivity contribution is 5.94. The molecule has 0 spiro atoms. The summed E-state index contributed by atoms with van der Waals surface area (Å²) in [7, 11) is 0. The average Bonchev–Trinajstić information content (AvgIpc) is 2.54. The van der Waals surface area contributed by atoms with Gasteiger partial charge in [-0.3, -0.25) is 4.79 Å². The molecule has 0 bridgehead atoms. The molecule has 2 rings (SSSR count). The minimum absolute atomic E-state index is 0.0993. The number of benzene rings is 2. The van der Waals surface area contributed by atoms with E-state index in [1.807, 2.05) is 48.5 Å². The van der Waals surface area contributed by atoms with Crippen LogP contribution in [0.4, 0.5) is 5.69 Å². The van der Waals surface area contributed by atoms with Crippen molar-refractivity contribution in [3.8, 4) is 5.75 Å². The van der Waals surface area contributed by atoms with Gasteiger partial charge in [-0.05, 0) is 47.6 Å². The van der Waals surface area contributed by atoms with E-state index in [9.17, 15) is 4.79 Å². The third-order valence-electron chi connectivity index (χ3n) is 4.24. The van der Waals surface area contributed by atoms with Crippen molar-refractivity contribution >= 4 is 11.6 Å². The topological polar surface area (TPSA) is 38.3 Å². The maximum absolute atomic E-state index is 12.5. The molecule has 0 aliphatic rings. The van der Waals surface area contributed by atoms with Crippen molar-refractivity contribution in [1.82, 2.24) is 0 Å². The highest BCUT2D eigenvalue weighted by Crippen LogP contribution is 2.26. The fourth-order valence-electron chi connectivity index (χ4n) is 2.64. The lowest BCUT2D eigenvalue weighted by Gasteiger charge is -2.20. The number of carbonyl (C=O) groups is 1. The van der Waals surface area contributed by atoms with Crippen molar-refractivity contribution in [3.05, 3.63) is 59.7 Å². The zero-order valence-electron chi connectivity index (χ0n) is 16.1. The van der Waals surface area contributed by atoms with Gasteiger partial charge in [0.05, 0.1) is 0 Å². The Morgan fingerprint density at radius 3 is 2.12 bits per heavy atom. The third-order valence-corrected chi connectivity index (χ3v) is 4.24. The highest BCUT2D eigenvalue weighted by atomic mass is 16.5. The molecule has 0 fully saturated rings. The van der Waals surface area contributed by atoms with E-state index < -0.39 is 6.10 Å². The summed E-state index contributed by atoms with van der Waals surface area (Å²) in [5, 5.41) is 2.98. The first-order chi connectivity index (χ1) is 11.7. The van der Waals surface area contributed by atoms with E-state index in [-0.39, 0.29) is 11.3 Å². The Labute approximate surface area is 151 Å². The van der Waals surface area contributed by atoms with Crippen LogP contribution in [0.2, 0.25) is 0 Å². The minimum atomic E-state index is -0.569. The summed E-state index contributed by atoms with van der Waals surface area (Å²) in [6.45, 7) is 12.5. The van der Waals surface area contributed by atoms with Crippen molar-refractivity contribution in [2.45, 2.75) is 59.0 Å². The van der Waals surface area contributed by atoms with Gasteiger partial charge in [-0.1, -0.05) is 65.0 Å². The van der Waals surface area contributed by atoms with Gasteiger partial charge in [0.1, 0.15) is 5.75 Å². The van der Waals surface area contributed by atoms with Crippen molar-refractivity contribution in [2.24, 2.45) is 0 Å². The van der Waals surface area contributed by atoms with Crippen LogP contribution in [0.25, 0.3) is 0 Å². The fraction of sp³-hybridized carbons (Fsp3) is 0.409. The molecule has 2 aromatic carbocycles. The van der Waals surface area contributed by atoms with E-state index >= 15 is 0 Å². The number of ether oxygens (including phenoxy) is 1. The Hall–Kier alpha value is -2.29. The zero-order valence-corrected chi connectivity index (χ0v) is 16.1. The predicted octanol–water partition coefficient (Wildman–Crippen LogP) is 5.51. The zero-order chi connectivity index (χ0) is 18.6. The number of amides is 1. The molecule has 3 heteroatoms. The monoisotopic (exact) mass is 339 g/mol. The van der Waals surface area contributed by atoms with Crippen LogP contribution >= 0.6 is 0 Å². The van der Waals surface area contributed by atoms with Crippen LogP contribution < -0.4 is 10.1 Å². The van der Waals surface area contributed by atoms with E-state index in [4.69, 9.17) is 4.74 Å². The number of nitrogens with one attached hydrogen (secondary N) is 1. The van der Waals surface area contributed by atoms with Crippen LogP contribution in [0.1, 0.15) is 58.6 Å². The lowest BCUT2D eigenvalue weighted by Crippen LogP contribution is -2.30. The number of para-hydroxylation sites is 1. The molecule has 25 heavy (non-hydrogen) atoms. The molecule has 0 saturated heterocycles. The van der Waals surface area contributed by atoms with Crippen LogP contribution in [0.15, 0.2) is 48.5 Å². The molecule has 0 heterocycles. The van der Waals surface area contributed by atoms with Crippen LogP contribution in [0.5, 0.6) is 5.75 Å². The predicted molar refractivity (Wildman–Crippen MR) is 104 cm³/mol. The van der Waals surface area contributed by atoms with Gasteiger partial charge in [0, 0.05) is 5.69 Å². The lowest BCUT2D eigenvalue weighted by molar-refractivity contribution is -0.122. The molecule has 2 aromatic rings. The van der Waals surface area contributed by atoms with Crippen LogP contribution in [-0.4, -0.2) is 12.0 Å². The Morgan fingerprint density at radius 1 is 0.960 bits per heavy atom. The SMILES string of the molecule is CC(Oc1ccc(C(C)(C)C)cc1)C(=O)Nc1ccccc1C(C)C. The summed E-state index contributed by atoms with van der Waals surface area (Å²) >= 11 is 0. The van der Waals surface area contributed by atoms with Gasteiger partial charge in [-0.2, -0.15) is 0 Å². The lowest BCUT2D eigenvalue weighted by atomic mass is 9.87. The van der Waals surface area contributed by atoms with E-state index in [2.05, 4.69) is 39.9 Å². The molecule has 0 radical (unpaired) electrons. The number of hydrogen-bond donors (Lipinski definition) is 1. The van der Waals surface area contributed by atoms with E-state index in [0.29, 0.717) is 11.7 Å². The molecular formula is C22H29NO2. The summed E-state index contributed by atoms with van der Waals surface area (Å²) in [6.07, 6.45) is -0.569. The molecule has 1 atom stereocenters. The molecular weight excluding hydrogens is 310 g/mol. The van der Waals surface area contributed by atoms with E-state index in [1.165, 1.54) is 5.56 Å². The van der Waals surface area contributed by atoms with Gasteiger partial charge in [0.25, 0.3) is 5.91 Å². The summed E-state index contributed by atoms with van der Waals surface area (Å²) in [5.74, 6) is 0.901. The molecule has 1 unspecified atom stereocenters. The molecule has 0 aliphatic carbocycles. The maximum atomic E-state index is 12.5. The third kappa shape index (κ3) is 5.09. The van der Waals surface area contributed by atoms with Gasteiger partial charge in [0.15, 0.2) is 6.10 Å². The minimum Gasteiger partial charge on any atom is -0.481 e. The second-order valence-electron chi connectivity index (χ2n) is 7.77. The summed E-state index contributed by atoms with van der Waals surface area (Å²) in [6, 6.07) is 15.8. The first kappa shape index (κ1) is 19.0. The largest absolute Gasteiger partial charge is 0.481 e. The Balaban J connectivity index is 2.04. The van der Waals surface area contributed by atoms with Gasteiger partial charge in [-0.15, -0.1) is 0 Å². The number of rotatable bonds is 5. The second-order valence-corrected chi connectivity index (χ2v) is 7.77. The van der Waals surface area contributed by atoms with Gasteiger partial charge >= 0.3 is 0 Å². The summed E-state index contributed by atoms with van der Waals surface area (Å²) < 4.78 is 5.80. The number of anilines is 1. The molecule has 3 nitrogen and oxygen atoms in total. The first-order valence-electron chi connectivity index (χ1n) is 8.85. The smallest absolute Gasteiger partial charge is 0.265 e. The van der Waals surface area contributed by atoms with Crippen molar-refractivity contribution in [3.63, 3.8) is 0 Å². The molecule has 1 amide bonds. The quantitative estimate of drug-likeness (QED) is 0.779. The van der Waals surface area contributed by atoms with Crippen LogP contribution in [-0.2, 0) is 10.2 Å². The normalized spacial score (nSPS) is 12.8. The van der Waals surface area contributed by atoms with Crippen molar-refractivity contribution < 1.29 is 9.53 Å². The van der Waals surface area contributed by atoms with Gasteiger partial charge < -0.3 is 10.1 Å². The van der Waals surface area contributed by atoms with Crippen molar-refractivity contribution in [1.29, 1.82) is 0 Å². The molecule has 0 aromatic heterocycles. The molecule has 0 aliphatic heterocycles. The Bertz CT molecular complexity index is 712. The van der Waals surface area contributed by atoms with Gasteiger partial charge in [0.2, 0.25) is 0 Å². The standard InChI is InChI=1S/C22H29NO2/c1-15(2)19-9-7-8-10-20(19)23-21(24)16(3)25-18-13-11-17(12-14-18)22(4,5)6/h7-16H,1-6H3,(H,23,24). The van der Waals surface area contributed by atoms with Crippen LogP contribution in [0, 0.1) is 0 Å². The summed E-state index contributed by atoms with van der Waals surface area (Å²) in [4.78, 5) is 12.5. The summed E-state index contributed by atoms with van der Waals surface area (Å²) in [5.41, 5.74) is 3.31. The average molecular weight is 339 g/mol. The van der Waals surface area contributed by atoms with Crippen LogP contribution in [0.3, 0.4) is 0 Å².